The van der Waals surface area contributed by atoms with Crippen molar-refractivity contribution in [1.29, 1.82) is 0 Å². The Labute approximate surface area is 88.5 Å². The quantitative estimate of drug-likeness (QED) is 0.807. The first-order chi connectivity index (χ1) is 7.19. The van der Waals surface area contributed by atoms with Crippen molar-refractivity contribution in [2.45, 2.75) is 18.9 Å². The maximum Gasteiger partial charge on any atom is 0.165 e. The molecule has 0 amide bonds. The zero-order chi connectivity index (χ0) is 10.8. The fraction of sp³-hybridized carbons (Fsp3) is 0.333. The second-order valence-corrected chi connectivity index (χ2v) is 3.86. The molecule has 0 saturated heterocycles. The molecule has 0 atom stereocenters. The molecule has 2 nitrogen and oxygen atoms in total. The molecule has 0 radical (unpaired) electrons. The SMILES string of the molecule is COc1ccc(C=C2CC(N)C2)cc1F. The number of hydrogen-bond acceptors (Lipinski definition) is 2. The van der Waals surface area contributed by atoms with Crippen LogP contribution in [-0.4, -0.2) is 13.2 Å². The highest BCUT2D eigenvalue weighted by molar-refractivity contribution is 5.56. The van der Waals surface area contributed by atoms with Crippen LogP contribution in [0.4, 0.5) is 4.39 Å². The van der Waals surface area contributed by atoms with E-state index in [1.807, 2.05) is 12.1 Å². The third-order valence-corrected chi connectivity index (χ3v) is 2.60. The molecule has 1 aromatic carbocycles. The van der Waals surface area contributed by atoms with E-state index in [-0.39, 0.29) is 11.6 Å². The Hall–Kier alpha value is -1.35. The van der Waals surface area contributed by atoms with Gasteiger partial charge in [-0.3, -0.25) is 0 Å². The first-order valence-corrected chi connectivity index (χ1v) is 4.97. The molecule has 0 spiro atoms. The van der Waals surface area contributed by atoms with Gasteiger partial charge in [-0.1, -0.05) is 17.7 Å². The third-order valence-electron chi connectivity index (χ3n) is 2.60. The molecule has 0 aliphatic heterocycles. The van der Waals surface area contributed by atoms with Crippen LogP contribution in [0.3, 0.4) is 0 Å². The van der Waals surface area contributed by atoms with E-state index in [1.54, 1.807) is 6.07 Å². The molecule has 2 N–H and O–H groups in total. The summed E-state index contributed by atoms with van der Waals surface area (Å²) >= 11 is 0. The summed E-state index contributed by atoms with van der Waals surface area (Å²) in [4.78, 5) is 0. The zero-order valence-electron chi connectivity index (χ0n) is 8.66. The summed E-state index contributed by atoms with van der Waals surface area (Å²) in [6.07, 6.45) is 3.84. The van der Waals surface area contributed by atoms with Gasteiger partial charge in [0.25, 0.3) is 0 Å². The number of halogens is 1. The van der Waals surface area contributed by atoms with Crippen LogP contribution in [-0.2, 0) is 0 Å². The van der Waals surface area contributed by atoms with E-state index in [1.165, 1.54) is 18.7 Å². The smallest absolute Gasteiger partial charge is 0.165 e. The average molecular weight is 207 g/mol. The molecule has 2 rings (SSSR count). The van der Waals surface area contributed by atoms with Gasteiger partial charge in [-0.05, 0) is 30.5 Å². The number of rotatable bonds is 2. The molecule has 1 aromatic rings. The van der Waals surface area contributed by atoms with Crippen molar-refractivity contribution in [2.75, 3.05) is 7.11 Å². The minimum absolute atomic E-state index is 0.280. The van der Waals surface area contributed by atoms with Gasteiger partial charge >= 0.3 is 0 Å². The van der Waals surface area contributed by atoms with Gasteiger partial charge in [-0.2, -0.15) is 0 Å². The lowest BCUT2D eigenvalue weighted by Crippen LogP contribution is -2.29. The molecule has 1 fully saturated rings. The summed E-state index contributed by atoms with van der Waals surface area (Å²) < 4.78 is 18.2. The minimum Gasteiger partial charge on any atom is -0.494 e. The Balaban J connectivity index is 2.16. The van der Waals surface area contributed by atoms with E-state index < -0.39 is 0 Å². The fourth-order valence-electron chi connectivity index (χ4n) is 1.74. The molecule has 3 heteroatoms. The van der Waals surface area contributed by atoms with Gasteiger partial charge in [0.2, 0.25) is 0 Å². The van der Waals surface area contributed by atoms with Crippen molar-refractivity contribution in [2.24, 2.45) is 5.73 Å². The van der Waals surface area contributed by atoms with Crippen LogP contribution in [0.25, 0.3) is 6.08 Å². The topological polar surface area (TPSA) is 35.2 Å². The van der Waals surface area contributed by atoms with Crippen LogP contribution in [0.15, 0.2) is 23.8 Å². The van der Waals surface area contributed by atoms with Crippen molar-refractivity contribution in [3.8, 4) is 5.75 Å². The largest absolute Gasteiger partial charge is 0.494 e. The molecular weight excluding hydrogens is 193 g/mol. The normalized spacial score (nSPS) is 19.7. The van der Waals surface area contributed by atoms with Crippen LogP contribution >= 0.6 is 0 Å². The highest BCUT2D eigenvalue weighted by Crippen LogP contribution is 2.28. The molecule has 0 aromatic heterocycles. The maximum absolute atomic E-state index is 13.3. The van der Waals surface area contributed by atoms with Gasteiger partial charge in [0.05, 0.1) is 7.11 Å². The van der Waals surface area contributed by atoms with Crippen molar-refractivity contribution in [3.05, 3.63) is 35.2 Å². The second kappa shape index (κ2) is 4.03. The number of benzene rings is 1. The summed E-state index contributed by atoms with van der Waals surface area (Å²) in [5.41, 5.74) is 7.82. The number of hydrogen-bond donors (Lipinski definition) is 1. The second-order valence-electron chi connectivity index (χ2n) is 3.86. The molecule has 80 valence electrons. The molecule has 0 heterocycles. The van der Waals surface area contributed by atoms with E-state index in [9.17, 15) is 4.39 Å². The Morgan fingerprint density at radius 1 is 1.47 bits per heavy atom. The van der Waals surface area contributed by atoms with Crippen LogP contribution < -0.4 is 10.5 Å². The average Bonchev–Trinajstić information content (AvgIpc) is 2.16. The van der Waals surface area contributed by atoms with Crippen molar-refractivity contribution >= 4 is 6.08 Å². The number of methoxy groups -OCH3 is 1. The summed E-state index contributed by atoms with van der Waals surface area (Å²) in [6, 6.07) is 5.26. The van der Waals surface area contributed by atoms with Crippen molar-refractivity contribution < 1.29 is 9.13 Å². The van der Waals surface area contributed by atoms with Crippen LogP contribution in [0, 0.1) is 5.82 Å². The molecule has 0 unspecified atom stereocenters. The lowest BCUT2D eigenvalue weighted by Gasteiger charge is -2.25. The van der Waals surface area contributed by atoms with Gasteiger partial charge in [-0.25, -0.2) is 4.39 Å². The summed E-state index contributed by atoms with van der Waals surface area (Å²) in [6.45, 7) is 0. The maximum atomic E-state index is 13.3. The lowest BCUT2D eigenvalue weighted by molar-refractivity contribution is 0.386. The predicted octanol–water partition coefficient (Wildman–Crippen LogP) is 2.34. The number of ether oxygens (including phenoxy) is 1. The number of nitrogens with two attached hydrogens (primary N) is 1. The van der Waals surface area contributed by atoms with Gasteiger partial charge < -0.3 is 10.5 Å². The molecule has 15 heavy (non-hydrogen) atoms. The lowest BCUT2D eigenvalue weighted by atomic mass is 9.86. The van der Waals surface area contributed by atoms with E-state index in [0.717, 1.165) is 18.4 Å². The summed E-state index contributed by atoms with van der Waals surface area (Å²) in [5.74, 6) is -0.0436. The Bertz CT molecular complexity index is 393. The Morgan fingerprint density at radius 2 is 2.20 bits per heavy atom. The van der Waals surface area contributed by atoms with Gasteiger partial charge in [0, 0.05) is 6.04 Å². The summed E-state index contributed by atoms with van der Waals surface area (Å²) in [7, 11) is 1.46. The van der Waals surface area contributed by atoms with Gasteiger partial charge in [0.15, 0.2) is 11.6 Å². The van der Waals surface area contributed by atoms with E-state index in [0.29, 0.717) is 6.04 Å². The van der Waals surface area contributed by atoms with E-state index in [4.69, 9.17) is 10.5 Å². The highest BCUT2D eigenvalue weighted by atomic mass is 19.1. The van der Waals surface area contributed by atoms with E-state index in [2.05, 4.69) is 0 Å². The molecule has 0 bridgehead atoms. The first-order valence-electron chi connectivity index (χ1n) is 4.97. The molecule has 1 aliphatic rings. The van der Waals surface area contributed by atoms with Crippen LogP contribution in [0.2, 0.25) is 0 Å². The first kappa shape index (κ1) is 10.2. The Morgan fingerprint density at radius 3 is 2.73 bits per heavy atom. The van der Waals surface area contributed by atoms with Gasteiger partial charge in [-0.15, -0.1) is 0 Å². The molecule has 1 saturated carbocycles. The molecule has 1 aliphatic carbocycles. The molecular formula is C12H14FNO. The minimum atomic E-state index is -0.324. The zero-order valence-corrected chi connectivity index (χ0v) is 8.66. The van der Waals surface area contributed by atoms with Crippen molar-refractivity contribution in [3.63, 3.8) is 0 Å². The standard InChI is InChI=1S/C12H14FNO/c1-15-12-3-2-8(7-11(12)13)4-9-5-10(14)6-9/h2-4,7,10H,5-6,14H2,1H3. The van der Waals surface area contributed by atoms with Gasteiger partial charge in [0.1, 0.15) is 0 Å². The monoisotopic (exact) mass is 207 g/mol. The van der Waals surface area contributed by atoms with Crippen LogP contribution in [0.5, 0.6) is 5.75 Å². The van der Waals surface area contributed by atoms with Crippen LogP contribution in [0.1, 0.15) is 18.4 Å². The predicted molar refractivity (Wildman–Crippen MR) is 58.1 cm³/mol. The fourth-order valence-corrected chi connectivity index (χ4v) is 1.74. The highest BCUT2D eigenvalue weighted by Gasteiger charge is 2.18. The van der Waals surface area contributed by atoms with Crippen molar-refractivity contribution in [1.82, 2.24) is 0 Å². The third kappa shape index (κ3) is 2.18. The van der Waals surface area contributed by atoms with E-state index >= 15 is 0 Å². The Kier molecular flexibility index (Phi) is 2.73. The summed E-state index contributed by atoms with van der Waals surface area (Å²) in [5, 5.41) is 0.